The standard InChI is InChI=1S/C25H29N3O5S/c1-18(29)28-15-12-19-8-4-5-9-21(19)23(28)17-25(30)26-22-16-20(10-11-24(22)33-2)34(31,32)27-13-6-3-7-14-27/h4-5,8-12,15-16,23H,3,6-7,13-14,17H2,1-2H3,(H,26,30)/t23-/m0/s1. The van der Waals surface area contributed by atoms with Crippen LogP contribution >= 0.6 is 0 Å². The first-order valence-electron chi connectivity index (χ1n) is 11.4. The van der Waals surface area contributed by atoms with Gasteiger partial charge in [-0.1, -0.05) is 30.7 Å². The molecule has 2 aromatic rings. The lowest BCUT2D eigenvalue weighted by Crippen LogP contribution is -2.35. The zero-order chi connectivity index (χ0) is 24.3. The van der Waals surface area contributed by atoms with E-state index in [0.29, 0.717) is 18.8 Å². The van der Waals surface area contributed by atoms with Crippen LogP contribution < -0.4 is 10.1 Å². The number of ether oxygens (including phenoxy) is 1. The van der Waals surface area contributed by atoms with Crippen molar-refractivity contribution in [3.63, 3.8) is 0 Å². The van der Waals surface area contributed by atoms with Crippen LogP contribution in [0.15, 0.2) is 53.6 Å². The van der Waals surface area contributed by atoms with Gasteiger partial charge in [0.1, 0.15) is 5.75 Å². The number of methoxy groups -OCH3 is 1. The molecule has 4 rings (SSSR count). The van der Waals surface area contributed by atoms with Crippen LogP contribution in [0.2, 0.25) is 0 Å². The van der Waals surface area contributed by atoms with E-state index in [1.54, 1.807) is 12.3 Å². The normalized spacial score (nSPS) is 18.3. The van der Waals surface area contributed by atoms with Crippen LogP contribution in [0.25, 0.3) is 6.08 Å². The zero-order valence-electron chi connectivity index (χ0n) is 19.4. The van der Waals surface area contributed by atoms with Crippen molar-refractivity contribution in [3.05, 3.63) is 59.8 Å². The SMILES string of the molecule is COc1ccc(S(=O)(=O)N2CCCCC2)cc1NC(=O)C[C@H]1c2ccccc2C=CN1C(C)=O. The van der Waals surface area contributed by atoms with Gasteiger partial charge < -0.3 is 15.0 Å². The van der Waals surface area contributed by atoms with E-state index in [9.17, 15) is 18.0 Å². The third-order valence-corrected chi connectivity index (χ3v) is 8.14. The third kappa shape index (κ3) is 4.85. The number of rotatable bonds is 6. The van der Waals surface area contributed by atoms with Crippen molar-refractivity contribution in [1.29, 1.82) is 0 Å². The summed E-state index contributed by atoms with van der Waals surface area (Å²) >= 11 is 0. The van der Waals surface area contributed by atoms with E-state index in [4.69, 9.17) is 4.74 Å². The maximum Gasteiger partial charge on any atom is 0.243 e. The van der Waals surface area contributed by atoms with Gasteiger partial charge in [0.15, 0.2) is 0 Å². The number of anilines is 1. The van der Waals surface area contributed by atoms with E-state index in [2.05, 4.69) is 5.32 Å². The minimum Gasteiger partial charge on any atom is -0.495 e. The lowest BCUT2D eigenvalue weighted by molar-refractivity contribution is -0.129. The Morgan fingerprint density at radius 2 is 1.82 bits per heavy atom. The van der Waals surface area contributed by atoms with Gasteiger partial charge in [-0.3, -0.25) is 9.59 Å². The molecule has 0 aliphatic carbocycles. The van der Waals surface area contributed by atoms with Crippen LogP contribution in [0, 0.1) is 0 Å². The van der Waals surface area contributed by atoms with Gasteiger partial charge in [-0.15, -0.1) is 0 Å². The fraction of sp³-hybridized carbons (Fsp3) is 0.360. The quantitative estimate of drug-likeness (QED) is 0.675. The molecule has 8 nitrogen and oxygen atoms in total. The molecular formula is C25H29N3O5S. The van der Waals surface area contributed by atoms with Crippen molar-refractivity contribution in [1.82, 2.24) is 9.21 Å². The van der Waals surface area contributed by atoms with Gasteiger partial charge in [0, 0.05) is 26.2 Å². The highest BCUT2D eigenvalue weighted by Crippen LogP contribution is 2.34. The number of piperidine rings is 1. The highest BCUT2D eigenvalue weighted by molar-refractivity contribution is 7.89. The minimum atomic E-state index is -3.67. The Balaban J connectivity index is 1.58. The summed E-state index contributed by atoms with van der Waals surface area (Å²) in [6.07, 6.45) is 6.24. The highest BCUT2D eigenvalue weighted by atomic mass is 32.2. The average Bonchev–Trinajstić information content (AvgIpc) is 2.84. The molecule has 34 heavy (non-hydrogen) atoms. The summed E-state index contributed by atoms with van der Waals surface area (Å²) in [6, 6.07) is 11.6. The third-order valence-electron chi connectivity index (χ3n) is 6.25. The van der Waals surface area contributed by atoms with Gasteiger partial charge in [0.05, 0.1) is 30.2 Å². The topological polar surface area (TPSA) is 96.0 Å². The fourth-order valence-electron chi connectivity index (χ4n) is 4.49. The predicted octanol–water partition coefficient (Wildman–Crippen LogP) is 3.77. The summed E-state index contributed by atoms with van der Waals surface area (Å²) in [5.41, 5.74) is 2.10. The smallest absolute Gasteiger partial charge is 0.243 e. The molecule has 1 fully saturated rings. The molecule has 0 saturated carbocycles. The van der Waals surface area contributed by atoms with Gasteiger partial charge in [0.2, 0.25) is 21.8 Å². The van der Waals surface area contributed by atoms with E-state index in [1.165, 1.54) is 35.4 Å². The van der Waals surface area contributed by atoms with Gasteiger partial charge >= 0.3 is 0 Å². The largest absolute Gasteiger partial charge is 0.495 e. The number of sulfonamides is 1. The molecule has 2 aliphatic rings. The molecule has 2 amide bonds. The first-order chi connectivity index (χ1) is 16.3. The summed E-state index contributed by atoms with van der Waals surface area (Å²) in [4.78, 5) is 27.0. The molecule has 0 unspecified atom stereocenters. The van der Waals surface area contributed by atoms with E-state index in [0.717, 1.165) is 30.4 Å². The molecule has 9 heteroatoms. The number of amides is 2. The Kier molecular flexibility index (Phi) is 7.04. The second-order valence-electron chi connectivity index (χ2n) is 8.47. The molecule has 2 aromatic carbocycles. The predicted molar refractivity (Wildman–Crippen MR) is 130 cm³/mol. The first kappa shape index (κ1) is 24.0. The molecule has 0 spiro atoms. The van der Waals surface area contributed by atoms with Crippen LogP contribution in [0.1, 0.15) is 49.8 Å². The molecular weight excluding hydrogens is 454 g/mol. The number of carbonyl (C=O) groups is 2. The highest BCUT2D eigenvalue weighted by Gasteiger charge is 2.30. The number of benzene rings is 2. The van der Waals surface area contributed by atoms with Crippen LogP contribution in [0.5, 0.6) is 5.75 Å². The van der Waals surface area contributed by atoms with E-state index in [-0.39, 0.29) is 28.8 Å². The second kappa shape index (κ2) is 9.99. The summed E-state index contributed by atoms with van der Waals surface area (Å²) < 4.78 is 33.1. The van der Waals surface area contributed by atoms with Gasteiger partial charge in [-0.05, 0) is 48.2 Å². The maximum absolute atomic E-state index is 13.1. The van der Waals surface area contributed by atoms with Crippen molar-refractivity contribution < 1.29 is 22.7 Å². The van der Waals surface area contributed by atoms with Crippen molar-refractivity contribution in [3.8, 4) is 5.75 Å². The Labute approximate surface area is 200 Å². The Bertz CT molecular complexity index is 1220. The number of carbonyl (C=O) groups excluding carboxylic acids is 2. The summed E-state index contributed by atoms with van der Waals surface area (Å²) in [5, 5.41) is 2.81. The number of hydrogen-bond acceptors (Lipinski definition) is 5. The van der Waals surface area contributed by atoms with Crippen molar-refractivity contribution in [2.45, 2.75) is 43.5 Å². The van der Waals surface area contributed by atoms with E-state index < -0.39 is 16.1 Å². The molecule has 0 radical (unpaired) electrons. The number of hydrogen-bond donors (Lipinski definition) is 1. The lowest BCUT2D eigenvalue weighted by atomic mass is 9.93. The first-order valence-corrected chi connectivity index (χ1v) is 12.8. The Hall–Kier alpha value is -3.17. The monoisotopic (exact) mass is 483 g/mol. The van der Waals surface area contributed by atoms with Gasteiger partial charge in [-0.2, -0.15) is 4.31 Å². The molecule has 1 saturated heterocycles. The van der Waals surface area contributed by atoms with Crippen molar-refractivity contribution >= 4 is 33.6 Å². The van der Waals surface area contributed by atoms with Gasteiger partial charge in [0.25, 0.3) is 0 Å². The Morgan fingerprint density at radius 1 is 1.09 bits per heavy atom. The van der Waals surface area contributed by atoms with Crippen LogP contribution in [-0.4, -0.2) is 49.6 Å². The molecule has 0 bridgehead atoms. The van der Waals surface area contributed by atoms with Crippen LogP contribution in [0.3, 0.4) is 0 Å². The molecule has 2 aliphatic heterocycles. The van der Waals surface area contributed by atoms with E-state index >= 15 is 0 Å². The molecule has 2 heterocycles. The summed E-state index contributed by atoms with van der Waals surface area (Å²) in [7, 11) is -2.21. The molecule has 1 N–H and O–H groups in total. The molecule has 180 valence electrons. The van der Waals surface area contributed by atoms with Crippen LogP contribution in [0.4, 0.5) is 5.69 Å². The minimum absolute atomic E-state index is 0.00713. The van der Waals surface area contributed by atoms with Crippen molar-refractivity contribution in [2.75, 3.05) is 25.5 Å². The lowest BCUT2D eigenvalue weighted by Gasteiger charge is -2.32. The molecule has 0 aromatic heterocycles. The zero-order valence-corrected chi connectivity index (χ0v) is 20.2. The second-order valence-corrected chi connectivity index (χ2v) is 10.4. The Morgan fingerprint density at radius 3 is 2.53 bits per heavy atom. The van der Waals surface area contributed by atoms with Crippen molar-refractivity contribution in [2.24, 2.45) is 0 Å². The fourth-order valence-corrected chi connectivity index (χ4v) is 6.03. The average molecular weight is 484 g/mol. The van der Waals surface area contributed by atoms with Crippen LogP contribution in [-0.2, 0) is 19.6 Å². The number of nitrogens with zero attached hydrogens (tertiary/aromatic N) is 2. The maximum atomic E-state index is 13.1. The summed E-state index contributed by atoms with van der Waals surface area (Å²) in [5.74, 6) is -0.166. The summed E-state index contributed by atoms with van der Waals surface area (Å²) in [6.45, 7) is 2.44. The number of fused-ring (bicyclic) bond motifs is 1. The molecule has 1 atom stereocenters. The number of nitrogens with one attached hydrogen (secondary N) is 1. The van der Waals surface area contributed by atoms with Gasteiger partial charge in [-0.25, -0.2) is 8.42 Å². The van der Waals surface area contributed by atoms with E-state index in [1.807, 2.05) is 30.3 Å².